The Hall–Kier alpha value is -3.88. The Morgan fingerprint density at radius 3 is 2.56 bits per heavy atom. The molecule has 4 heterocycles. The van der Waals surface area contributed by atoms with Crippen LogP contribution in [-0.4, -0.2) is 74.4 Å². The van der Waals surface area contributed by atoms with Gasteiger partial charge in [0.15, 0.2) is 5.82 Å². The molecule has 0 saturated carbocycles. The number of H-pyrrole nitrogens is 1. The maximum absolute atomic E-state index is 13.1. The monoisotopic (exact) mass is 431 g/mol. The van der Waals surface area contributed by atoms with Crippen LogP contribution < -0.4 is 5.32 Å². The number of carbonyl (C=O) groups excluding carboxylic acids is 2. The number of hydrogen-bond donors (Lipinski definition) is 2. The molecule has 0 spiro atoms. The Morgan fingerprint density at radius 1 is 1.09 bits per heavy atom. The van der Waals surface area contributed by atoms with Crippen LogP contribution in [0, 0.1) is 0 Å². The molecular formula is C23H25N7O2. The Bertz CT molecular complexity index is 1350. The van der Waals surface area contributed by atoms with Crippen LogP contribution in [0.4, 0.5) is 5.82 Å². The minimum absolute atomic E-state index is 0.0178. The van der Waals surface area contributed by atoms with Crippen LogP contribution in [0.5, 0.6) is 0 Å². The first-order valence-corrected chi connectivity index (χ1v) is 10.6. The van der Waals surface area contributed by atoms with E-state index in [1.165, 1.54) is 0 Å². The topological polar surface area (TPSA) is 99.2 Å². The zero-order valence-electron chi connectivity index (χ0n) is 18.3. The number of rotatable bonds is 3. The van der Waals surface area contributed by atoms with Crippen LogP contribution in [0.1, 0.15) is 17.3 Å². The van der Waals surface area contributed by atoms with Gasteiger partial charge >= 0.3 is 0 Å². The summed E-state index contributed by atoms with van der Waals surface area (Å²) < 4.78 is 1.98. The largest absolute Gasteiger partial charge is 0.371 e. The summed E-state index contributed by atoms with van der Waals surface area (Å²) in [6.45, 7) is 3.80. The zero-order valence-corrected chi connectivity index (χ0v) is 18.3. The number of nitrogens with one attached hydrogen (secondary N) is 2. The fraction of sp³-hybridized carbons (Fsp3) is 0.304. The third-order valence-electron chi connectivity index (χ3n) is 6.11. The maximum Gasteiger partial charge on any atom is 0.253 e. The molecule has 0 bridgehead atoms. The Kier molecular flexibility index (Phi) is 4.80. The van der Waals surface area contributed by atoms with E-state index in [-0.39, 0.29) is 11.8 Å². The molecule has 0 aliphatic carbocycles. The molecule has 0 radical (unpaired) electrons. The van der Waals surface area contributed by atoms with Gasteiger partial charge in [0.05, 0.1) is 11.8 Å². The van der Waals surface area contributed by atoms with Crippen molar-refractivity contribution < 1.29 is 9.59 Å². The molecule has 1 aliphatic rings. The lowest BCUT2D eigenvalue weighted by atomic mass is 10.1. The molecule has 2 amide bonds. The van der Waals surface area contributed by atoms with Gasteiger partial charge in [0, 0.05) is 63.8 Å². The minimum Gasteiger partial charge on any atom is -0.371 e. The first-order valence-electron chi connectivity index (χ1n) is 10.6. The molecule has 2 N–H and O–H groups in total. The van der Waals surface area contributed by atoms with Crippen molar-refractivity contribution >= 4 is 39.7 Å². The third kappa shape index (κ3) is 3.26. The average molecular weight is 432 g/mol. The number of piperazine rings is 1. The van der Waals surface area contributed by atoms with E-state index in [1.807, 2.05) is 47.8 Å². The Labute approximate surface area is 185 Å². The number of amides is 2. The number of pyridine rings is 1. The number of hydrogen-bond acceptors (Lipinski definition) is 5. The van der Waals surface area contributed by atoms with Crippen LogP contribution in [0.25, 0.3) is 33.3 Å². The molecule has 1 aliphatic heterocycles. The van der Waals surface area contributed by atoms with Crippen molar-refractivity contribution in [2.24, 2.45) is 7.05 Å². The van der Waals surface area contributed by atoms with E-state index in [0.717, 1.165) is 39.1 Å². The molecule has 164 valence electrons. The highest BCUT2D eigenvalue weighted by molar-refractivity contribution is 6.07. The number of imidazole rings is 1. The highest BCUT2D eigenvalue weighted by Crippen LogP contribution is 2.32. The van der Waals surface area contributed by atoms with E-state index in [9.17, 15) is 9.59 Å². The average Bonchev–Trinajstić information content (AvgIpc) is 3.41. The van der Waals surface area contributed by atoms with Crippen molar-refractivity contribution in [1.29, 1.82) is 0 Å². The normalized spacial score (nSPS) is 14.3. The Balaban J connectivity index is 1.48. The van der Waals surface area contributed by atoms with E-state index < -0.39 is 0 Å². The Morgan fingerprint density at radius 2 is 1.84 bits per heavy atom. The van der Waals surface area contributed by atoms with Crippen LogP contribution in [-0.2, 0) is 11.8 Å². The molecule has 9 heteroatoms. The van der Waals surface area contributed by atoms with Crippen molar-refractivity contribution in [1.82, 2.24) is 29.3 Å². The van der Waals surface area contributed by atoms with Crippen molar-refractivity contribution in [2.75, 3.05) is 38.5 Å². The molecule has 9 nitrogen and oxygen atoms in total. The summed E-state index contributed by atoms with van der Waals surface area (Å²) >= 11 is 0. The number of aromatic nitrogens is 4. The molecule has 5 rings (SSSR count). The zero-order chi connectivity index (χ0) is 22.4. The lowest BCUT2D eigenvalue weighted by Gasteiger charge is -2.34. The van der Waals surface area contributed by atoms with Gasteiger partial charge in [-0.25, -0.2) is 9.97 Å². The SMILES string of the molecule is CNc1nc2[nH]c(-c3cccc(C(=O)N4CCN(C(C)=O)CC4)c3)cc2c2c1ncn2C. The molecule has 1 fully saturated rings. The summed E-state index contributed by atoms with van der Waals surface area (Å²) in [4.78, 5) is 40.8. The van der Waals surface area contributed by atoms with Gasteiger partial charge in [-0.2, -0.15) is 0 Å². The highest BCUT2D eigenvalue weighted by Gasteiger charge is 2.23. The summed E-state index contributed by atoms with van der Waals surface area (Å²) in [6, 6.07) is 9.67. The fourth-order valence-corrected chi connectivity index (χ4v) is 4.35. The molecule has 0 unspecified atom stereocenters. The van der Waals surface area contributed by atoms with Gasteiger partial charge in [-0.1, -0.05) is 12.1 Å². The van der Waals surface area contributed by atoms with E-state index in [1.54, 1.807) is 18.2 Å². The van der Waals surface area contributed by atoms with Gasteiger partial charge in [-0.05, 0) is 23.8 Å². The smallest absolute Gasteiger partial charge is 0.253 e. The van der Waals surface area contributed by atoms with Gasteiger partial charge in [0.1, 0.15) is 11.2 Å². The lowest BCUT2D eigenvalue weighted by molar-refractivity contribution is -0.130. The maximum atomic E-state index is 13.1. The predicted molar refractivity (Wildman–Crippen MR) is 124 cm³/mol. The first-order chi connectivity index (χ1) is 15.5. The molecule has 32 heavy (non-hydrogen) atoms. The van der Waals surface area contributed by atoms with Crippen molar-refractivity contribution in [3.8, 4) is 11.3 Å². The van der Waals surface area contributed by atoms with Crippen LogP contribution in [0.3, 0.4) is 0 Å². The van der Waals surface area contributed by atoms with Crippen LogP contribution in [0.2, 0.25) is 0 Å². The van der Waals surface area contributed by atoms with Gasteiger partial charge in [0.2, 0.25) is 5.91 Å². The van der Waals surface area contributed by atoms with E-state index in [2.05, 4.69) is 26.3 Å². The molecule has 1 saturated heterocycles. The summed E-state index contributed by atoms with van der Waals surface area (Å²) in [6.07, 6.45) is 1.78. The number of anilines is 1. The van der Waals surface area contributed by atoms with Gasteiger partial charge in [0.25, 0.3) is 5.91 Å². The van der Waals surface area contributed by atoms with E-state index in [0.29, 0.717) is 31.7 Å². The van der Waals surface area contributed by atoms with Crippen molar-refractivity contribution in [3.05, 3.63) is 42.2 Å². The molecule has 0 atom stereocenters. The van der Waals surface area contributed by atoms with E-state index in [4.69, 9.17) is 0 Å². The summed E-state index contributed by atoms with van der Waals surface area (Å²) in [7, 11) is 3.80. The second-order valence-corrected chi connectivity index (χ2v) is 8.09. The molecule has 3 aromatic heterocycles. The standard InChI is InChI=1S/C23H25N7O2/c1-14(31)29-7-9-30(10-8-29)23(32)16-6-4-5-15(11-16)18-12-17-20-19(25-13-28(20)3)22(24-2)27-21(17)26-18/h4-6,11-13H,7-10H2,1-3H3,(H2,24,26,27). The number of nitrogens with zero attached hydrogens (tertiary/aromatic N) is 5. The molecule has 4 aromatic rings. The number of fused-ring (bicyclic) bond motifs is 3. The van der Waals surface area contributed by atoms with Gasteiger partial charge in [-0.15, -0.1) is 0 Å². The number of carbonyl (C=O) groups is 2. The minimum atomic E-state index is -0.0178. The molecule has 1 aromatic carbocycles. The van der Waals surface area contributed by atoms with Gasteiger partial charge in [-0.3, -0.25) is 9.59 Å². The first kappa shape index (κ1) is 20.0. The number of aryl methyl sites for hydroxylation is 1. The van der Waals surface area contributed by atoms with Crippen LogP contribution in [0.15, 0.2) is 36.7 Å². The summed E-state index contributed by atoms with van der Waals surface area (Å²) in [5.41, 5.74) is 5.01. The number of benzene rings is 1. The molecular weight excluding hydrogens is 406 g/mol. The summed E-state index contributed by atoms with van der Waals surface area (Å²) in [5.74, 6) is 0.751. The van der Waals surface area contributed by atoms with Crippen LogP contribution >= 0.6 is 0 Å². The second kappa shape index (κ2) is 7.67. The van der Waals surface area contributed by atoms with Gasteiger partial charge < -0.3 is 24.7 Å². The van der Waals surface area contributed by atoms with Crippen molar-refractivity contribution in [2.45, 2.75) is 6.92 Å². The quantitative estimate of drug-likeness (QED) is 0.519. The third-order valence-corrected chi connectivity index (χ3v) is 6.11. The lowest BCUT2D eigenvalue weighted by Crippen LogP contribution is -2.50. The fourth-order valence-electron chi connectivity index (χ4n) is 4.35. The highest BCUT2D eigenvalue weighted by atomic mass is 16.2. The van der Waals surface area contributed by atoms with E-state index >= 15 is 0 Å². The number of aromatic amines is 1. The predicted octanol–water partition coefficient (Wildman–Crippen LogP) is 2.46. The second-order valence-electron chi connectivity index (χ2n) is 8.09. The summed E-state index contributed by atoms with van der Waals surface area (Å²) in [5, 5.41) is 4.09. The van der Waals surface area contributed by atoms with Crippen molar-refractivity contribution in [3.63, 3.8) is 0 Å².